The summed E-state index contributed by atoms with van der Waals surface area (Å²) in [5.41, 5.74) is 1.28. The standard InChI is InChI=1S/C12H20NOPS/c1-15(2,14)9-8-13-10-11-4-6-12(16-3)7-5-11/h4-7,13H,8-10H2,1-3H3. The molecule has 0 aromatic heterocycles. The van der Waals surface area contributed by atoms with Gasteiger partial charge in [-0.05, 0) is 37.3 Å². The number of hydrogen-bond acceptors (Lipinski definition) is 3. The lowest BCUT2D eigenvalue weighted by molar-refractivity contribution is 0.579. The predicted molar refractivity (Wildman–Crippen MR) is 74.3 cm³/mol. The van der Waals surface area contributed by atoms with Crippen molar-refractivity contribution in [2.75, 3.05) is 32.3 Å². The van der Waals surface area contributed by atoms with Crippen LogP contribution in [0.15, 0.2) is 29.2 Å². The molecule has 0 heterocycles. The first-order chi connectivity index (χ1) is 7.51. The monoisotopic (exact) mass is 257 g/mol. The zero-order valence-electron chi connectivity index (χ0n) is 10.2. The first kappa shape index (κ1) is 13.8. The Labute approximate surface area is 103 Å². The number of hydrogen-bond donors (Lipinski definition) is 1. The highest BCUT2D eigenvalue weighted by Gasteiger charge is 2.05. The minimum Gasteiger partial charge on any atom is -0.324 e. The summed E-state index contributed by atoms with van der Waals surface area (Å²) in [7, 11) is -1.87. The quantitative estimate of drug-likeness (QED) is 0.482. The van der Waals surface area contributed by atoms with E-state index >= 15 is 0 Å². The molecule has 0 amide bonds. The summed E-state index contributed by atoms with van der Waals surface area (Å²) < 4.78 is 11.5. The summed E-state index contributed by atoms with van der Waals surface area (Å²) >= 11 is 1.75. The Hall–Kier alpha value is -0.240. The molecule has 0 aliphatic rings. The molecule has 0 saturated heterocycles. The summed E-state index contributed by atoms with van der Waals surface area (Å²) in [6, 6.07) is 8.53. The third-order valence-corrected chi connectivity index (χ3v) is 4.36. The minimum absolute atomic E-state index is 0.774. The maximum atomic E-state index is 11.5. The van der Waals surface area contributed by atoms with E-state index in [4.69, 9.17) is 0 Å². The first-order valence-electron chi connectivity index (χ1n) is 5.39. The normalized spacial score (nSPS) is 11.7. The van der Waals surface area contributed by atoms with Gasteiger partial charge < -0.3 is 9.88 Å². The summed E-state index contributed by atoms with van der Waals surface area (Å²) in [5.74, 6) is 0. The predicted octanol–water partition coefficient (Wildman–Crippen LogP) is 3.12. The van der Waals surface area contributed by atoms with Crippen molar-refractivity contribution in [2.45, 2.75) is 11.4 Å². The first-order valence-corrected chi connectivity index (χ1v) is 9.40. The Balaban J connectivity index is 2.29. The maximum absolute atomic E-state index is 11.5. The molecule has 0 bridgehead atoms. The van der Waals surface area contributed by atoms with E-state index in [-0.39, 0.29) is 0 Å². The highest BCUT2D eigenvalue weighted by Crippen LogP contribution is 2.34. The maximum Gasteiger partial charge on any atom is 0.0831 e. The van der Waals surface area contributed by atoms with Crippen molar-refractivity contribution in [2.24, 2.45) is 0 Å². The van der Waals surface area contributed by atoms with Gasteiger partial charge in [0.2, 0.25) is 0 Å². The number of nitrogens with one attached hydrogen (secondary N) is 1. The van der Waals surface area contributed by atoms with Crippen LogP contribution < -0.4 is 5.32 Å². The van der Waals surface area contributed by atoms with Crippen molar-refractivity contribution in [1.29, 1.82) is 0 Å². The average molecular weight is 257 g/mol. The Bertz CT molecular complexity index is 358. The minimum atomic E-state index is -1.87. The van der Waals surface area contributed by atoms with Crippen molar-refractivity contribution in [3.05, 3.63) is 29.8 Å². The molecule has 1 rings (SSSR count). The summed E-state index contributed by atoms with van der Waals surface area (Å²) in [5, 5.41) is 3.32. The van der Waals surface area contributed by atoms with Crippen LogP contribution in [0.1, 0.15) is 5.56 Å². The van der Waals surface area contributed by atoms with Gasteiger partial charge in [0, 0.05) is 24.1 Å². The molecule has 0 saturated carbocycles. The summed E-state index contributed by atoms with van der Waals surface area (Å²) in [4.78, 5) is 1.29. The molecule has 0 atom stereocenters. The molecule has 1 aromatic carbocycles. The van der Waals surface area contributed by atoms with Gasteiger partial charge in [0.1, 0.15) is 0 Å². The Morgan fingerprint density at radius 3 is 2.38 bits per heavy atom. The fraction of sp³-hybridized carbons (Fsp3) is 0.500. The van der Waals surface area contributed by atoms with Gasteiger partial charge in [0.05, 0.1) is 7.14 Å². The second-order valence-electron chi connectivity index (χ2n) is 4.32. The summed E-state index contributed by atoms with van der Waals surface area (Å²) in [6.07, 6.45) is 2.85. The van der Waals surface area contributed by atoms with Crippen LogP contribution in [0.2, 0.25) is 0 Å². The van der Waals surface area contributed by atoms with Crippen molar-refractivity contribution in [3.8, 4) is 0 Å². The lowest BCUT2D eigenvalue weighted by Crippen LogP contribution is -2.17. The highest BCUT2D eigenvalue weighted by atomic mass is 32.2. The molecule has 2 nitrogen and oxygen atoms in total. The SMILES string of the molecule is CSc1ccc(CNCCP(C)(C)=O)cc1. The van der Waals surface area contributed by atoms with Crippen LogP contribution in [-0.2, 0) is 11.1 Å². The second kappa shape index (κ2) is 6.48. The molecule has 0 spiro atoms. The van der Waals surface area contributed by atoms with E-state index in [2.05, 4.69) is 35.8 Å². The third-order valence-electron chi connectivity index (χ3n) is 2.32. The number of rotatable bonds is 6. The van der Waals surface area contributed by atoms with Crippen LogP contribution in [0.4, 0.5) is 0 Å². The van der Waals surface area contributed by atoms with E-state index in [0.717, 1.165) is 19.3 Å². The lowest BCUT2D eigenvalue weighted by atomic mass is 10.2. The van der Waals surface area contributed by atoms with E-state index in [1.165, 1.54) is 10.5 Å². The van der Waals surface area contributed by atoms with Crippen LogP contribution in [0.3, 0.4) is 0 Å². The summed E-state index contributed by atoms with van der Waals surface area (Å²) in [6.45, 7) is 5.35. The van der Waals surface area contributed by atoms with E-state index in [9.17, 15) is 4.57 Å². The average Bonchev–Trinajstić information content (AvgIpc) is 2.24. The van der Waals surface area contributed by atoms with Gasteiger partial charge in [-0.2, -0.15) is 0 Å². The molecule has 16 heavy (non-hydrogen) atoms. The fourth-order valence-corrected chi connectivity index (χ4v) is 2.43. The van der Waals surface area contributed by atoms with E-state index in [1.807, 2.05) is 13.3 Å². The van der Waals surface area contributed by atoms with Crippen molar-refractivity contribution in [1.82, 2.24) is 5.32 Å². The van der Waals surface area contributed by atoms with E-state index in [0.29, 0.717) is 0 Å². The Morgan fingerprint density at radius 1 is 1.25 bits per heavy atom. The Morgan fingerprint density at radius 2 is 1.88 bits per heavy atom. The molecule has 0 radical (unpaired) electrons. The van der Waals surface area contributed by atoms with E-state index < -0.39 is 7.14 Å². The molecule has 0 fully saturated rings. The molecule has 0 unspecified atom stereocenters. The van der Waals surface area contributed by atoms with Gasteiger partial charge in [0.25, 0.3) is 0 Å². The van der Waals surface area contributed by atoms with Gasteiger partial charge in [0.15, 0.2) is 0 Å². The van der Waals surface area contributed by atoms with Crippen LogP contribution in [-0.4, -0.2) is 32.3 Å². The molecular weight excluding hydrogens is 237 g/mol. The van der Waals surface area contributed by atoms with Crippen LogP contribution in [0.5, 0.6) is 0 Å². The largest absolute Gasteiger partial charge is 0.324 e. The Kier molecular flexibility index (Phi) is 5.60. The van der Waals surface area contributed by atoms with Gasteiger partial charge in [-0.3, -0.25) is 0 Å². The van der Waals surface area contributed by atoms with Crippen LogP contribution in [0.25, 0.3) is 0 Å². The smallest absolute Gasteiger partial charge is 0.0831 e. The molecule has 1 N–H and O–H groups in total. The fourth-order valence-electron chi connectivity index (χ4n) is 1.32. The van der Waals surface area contributed by atoms with E-state index in [1.54, 1.807) is 11.8 Å². The van der Waals surface area contributed by atoms with Gasteiger partial charge in [-0.15, -0.1) is 11.8 Å². The number of thioether (sulfide) groups is 1. The van der Waals surface area contributed by atoms with Gasteiger partial charge in [-0.25, -0.2) is 0 Å². The molecule has 4 heteroatoms. The van der Waals surface area contributed by atoms with Crippen molar-refractivity contribution >= 4 is 18.9 Å². The molecule has 1 aromatic rings. The van der Waals surface area contributed by atoms with Crippen molar-refractivity contribution < 1.29 is 4.57 Å². The van der Waals surface area contributed by atoms with Crippen LogP contribution >= 0.6 is 18.9 Å². The van der Waals surface area contributed by atoms with Gasteiger partial charge in [-0.1, -0.05) is 12.1 Å². The third kappa shape index (κ3) is 5.74. The molecule has 0 aliphatic heterocycles. The molecular formula is C12H20NOPS. The second-order valence-corrected chi connectivity index (χ2v) is 8.80. The molecule has 0 aliphatic carbocycles. The number of benzene rings is 1. The topological polar surface area (TPSA) is 29.1 Å². The highest BCUT2D eigenvalue weighted by molar-refractivity contribution is 7.98. The zero-order valence-corrected chi connectivity index (χ0v) is 11.9. The van der Waals surface area contributed by atoms with Crippen molar-refractivity contribution in [3.63, 3.8) is 0 Å². The molecule has 90 valence electrons. The zero-order chi connectivity index (χ0) is 12.0. The lowest BCUT2D eigenvalue weighted by Gasteiger charge is -2.08. The van der Waals surface area contributed by atoms with Gasteiger partial charge >= 0.3 is 0 Å². The van der Waals surface area contributed by atoms with Crippen LogP contribution in [0, 0.1) is 0 Å².